The average Bonchev–Trinajstić information content (AvgIpc) is 3.07. The van der Waals surface area contributed by atoms with Crippen molar-refractivity contribution >= 4 is 11.7 Å². The van der Waals surface area contributed by atoms with E-state index >= 15 is 0 Å². The topological polar surface area (TPSA) is 99.9 Å². The van der Waals surface area contributed by atoms with Gasteiger partial charge in [0.1, 0.15) is 5.82 Å². The standard InChI is InChI=1S/C15H20N6O2/c22-13(17-12-6-7-16-19-12)9-21-8-2-1-3-11(21)15-18-14(20-23-15)10-4-5-10/h6-7,10-11H,1-5,8-9H2,(H2,16,17,19,22)/t11-/m0/s1. The van der Waals surface area contributed by atoms with Gasteiger partial charge < -0.3 is 9.84 Å². The summed E-state index contributed by atoms with van der Waals surface area (Å²) in [5.41, 5.74) is 0. The quantitative estimate of drug-likeness (QED) is 0.873. The van der Waals surface area contributed by atoms with Crippen LogP contribution >= 0.6 is 0 Å². The molecule has 122 valence electrons. The highest BCUT2D eigenvalue weighted by Crippen LogP contribution is 2.39. The van der Waals surface area contributed by atoms with Crippen LogP contribution in [0.5, 0.6) is 0 Å². The van der Waals surface area contributed by atoms with Crippen molar-refractivity contribution in [2.24, 2.45) is 0 Å². The maximum Gasteiger partial charge on any atom is 0.244 e. The second-order valence-corrected chi connectivity index (χ2v) is 6.27. The zero-order chi connectivity index (χ0) is 15.6. The van der Waals surface area contributed by atoms with Gasteiger partial charge in [0, 0.05) is 12.0 Å². The Morgan fingerprint density at radius 3 is 3.09 bits per heavy atom. The molecule has 8 nitrogen and oxygen atoms in total. The van der Waals surface area contributed by atoms with Crippen LogP contribution in [-0.2, 0) is 4.79 Å². The van der Waals surface area contributed by atoms with Gasteiger partial charge in [0.2, 0.25) is 11.8 Å². The molecule has 23 heavy (non-hydrogen) atoms. The molecule has 2 fully saturated rings. The van der Waals surface area contributed by atoms with Gasteiger partial charge >= 0.3 is 0 Å². The number of anilines is 1. The lowest BCUT2D eigenvalue weighted by molar-refractivity contribution is -0.118. The van der Waals surface area contributed by atoms with Crippen LogP contribution in [-0.4, -0.2) is 44.2 Å². The van der Waals surface area contributed by atoms with Crippen molar-refractivity contribution in [3.63, 3.8) is 0 Å². The van der Waals surface area contributed by atoms with Gasteiger partial charge in [-0.25, -0.2) is 0 Å². The molecule has 2 aromatic rings. The van der Waals surface area contributed by atoms with Crippen LogP contribution in [0.25, 0.3) is 0 Å². The molecule has 4 rings (SSSR count). The zero-order valence-electron chi connectivity index (χ0n) is 12.9. The van der Waals surface area contributed by atoms with Crippen LogP contribution in [0.1, 0.15) is 55.8 Å². The number of hydrogen-bond donors (Lipinski definition) is 2. The molecule has 1 amide bonds. The van der Waals surface area contributed by atoms with E-state index in [0.717, 1.165) is 44.5 Å². The van der Waals surface area contributed by atoms with Crippen molar-refractivity contribution in [2.45, 2.75) is 44.1 Å². The molecule has 8 heteroatoms. The van der Waals surface area contributed by atoms with Crippen LogP contribution in [0, 0.1) is 0 Å². The predicted octanol–water partition coefficient (Wildman–Crippen LogP) is 1.84. The molecule has 0 unspecified atom stereocenters. The van der Waals surface area contributed by atoms with Crippen LogP contribution in [0.15, 0.2) is 16.8 Å². The number of carbonyl (C=O) groups is 1. The van der Waals surface area contributed by atoms with E-state index < -0.39 is 0 Å². The van der Waals surface area contributed by atoms with Crippen LogP contribution < -0.4 is 5.32 Å². The molecule has 0 spiro atoms. The molecular weight excluding hydrogens is 296 g/mol. The summed E-state index contributed by atoms with van der Waals surface area (Å²) < 4.78 is 5.47. The molecule has 1 aliphatic carbocycles. The van der Waals surface area contributed by atoms with Crippen molar-refractivity contribution in [2.75, 3.05) is 18.4 Å². The highest BCUT2D eigenvalue weighted by atomic mass is 16.5. The van der Waals surface area contributed by atoms with E-state index in [0.29, 0.717) is 24.2 Å². The number of nitrogens with one attached hydrogen (secondary N) is 2. The third-order valence-corrected chi connectivity index (χ3v) is 4.42. The second-order valence-electron chi connectivity index (χ2n) is 6.27. The lowest BCUT2D eigenvalue weighted by Crippen LogP contribution is -2.39. The van der Waals surface area contributed by atoms with E-state index in [4.69, 9.17) is 4.52 Å². The average molecular weight is 316 g/mol. The summed E-state index contributed by atoms with van der Waals surface area (Å²) in [4.78, 5) is 18.9. The maximum absolute atomic E-state index is 12.2. The fourth-order valence-electron chi connectivity index (χ4n) is 3.05. The number of amides is 1. The van der Waals surface area contributed by atoms with E-state index in [1.54, 1.807) is 12.3 Å². The van der Waals surface area contributed by atoms with Crippen molar-refractivity contribution < 1.29 is 9.32 Å². The Morgan fingerprint density at radius 2 is 2.30 bits per heavy atom. The molecule has 2 aliphatic rings. The minimum absolute atomic E-state index is 0.0382. The van der Waals surface area contributed by atoms with Gasteiger partial charge in [0.25, 0.3) is 0 Å². The minimum atomic E-state index is -0.0666. The highest BCUT2D eigenvalue weighted by molar-refractivity contribution is 5.91. The number of carbonyl (C=O) groups excluding carboxylic acids is 1. The number of likely N-dealkylation sites (tertiary alicyclic amines) is 1. The third kappa shape index (κ3) is 3.26. The van der Waals surface area contributed by atoms with Gasteiger partial charge in [0.15, 0.2) is 5.82 Å². The van der Waals surface area contributed by atoms with Crippen LogP contribution in [0.2, 0.25) is 0 Å². The van der Waals surface area contributed by atoms with Gasteiger partial charge in [-0.15, -0.1) is 0 Å². The van der Waals surface area contributed by atoms with E-state index in [2.05, 4.69) is 30.6 Å². The zero-order valence-corrected chi connectivity index (χ0v) is 12.9. The molecule has 3 heterocycles. The van der Waals surface area contributed by atoms with E-state index in [9.17, 15) is 4.79 Å². The lowest BCUT2D eigenvalue weighted by atomic mass is 10.0. The molecule has 1 saturated carbocycles. The van der Waals surface area contributed by atoms with Crippen molar-refractivity contribution in [3.8, 4) is 0 Å². The maximum atomic E-state index is 12.2. The Hall–Kier alpha value is -2.22. The Morgan fingerprint density at radius 1 is 1.39 bits per heavy atom. The van der Waals surface area contributed by atoms with E-state index in [1.807, 2.05) is 0 Å². The molecular formula is C15H20N6O2. The highest BCUT2D eigenvalue weighted by Gasteiger charge is 2.33. The summed E-state index contributed by atoms with van der Waals surface area (Å²) in [5, 5.41) is 13.5. The first-order valence-corrected chi connectivity index (χ1v) is 8.16. The number of nitrogens with zero attached hydrogens (tertiary/aromatic N) is 4. The SMILES string of the molecule is O=C(CN1CCCC[C@H]1c1nc(C2CC2)no1)Nc1ccn[nH]1. The van der Waals surface area contributed by atoms with Gasteiger partial charge in [0.05, 0.1) is 18.8 Å². The fraction of sp³-hybridized carbons (Fsp3) is 0.600. The van der Waals surface area contributed by atoms with Gasteiger partial charge in [-0.2, -0.15) is 10.1 Å². The first kappa shape index (κ1) is 14.4. The summed E-state index contributed by atoms with van der Waals surface area (Å²) in [6, 6.07) is 1.77. The third-order valence-electron chi connectivity index (χ3n) is 4.42. The summed E-state index contributed by atoms with van der Waals surface area (Å²) >= 11 is 0. The summed E-state index contributed by atoms with van der Waals surface area (Å²) in [5.74, 6) is 2.50. The van der Waals surface area contributed by atoms with Crippen molar-refractivity contribution in [3.05, 3.63) is 24.0 Å². The Bertz CT molecular complexity index is 663. The molecule has 0 aromatic carbocycles. The largest absolute Gasteiger partial charge is 0.338 e. The van der Waals surface area contributed by atoms with Crippen molar-refractivity contribution in [1.29, 1.82) is 0 Å². The summed E-state index contributed by atoms with van der Waals surface area (Å²) in [6.07, 6.45) is 7.06. The Kier molecular flexibility index (Phi) is 3.82. The minimum Gasteiger partial charge on any atom is -0.338 e. The normalized spacial score (nSPS) is 22.2. The second kappa shape index (κ2) is 6.11. The molecule has 0 bridgehead atoms. The number of H-pyrrole nitrogens is 1. The molecule has 1 saturated heterocycles. The summed E-state index contributed by atoms with van der Waals surface area (Å²) in [6.45, 7) is 1.17. The van der Waals surface area contributed by atoms with Crippen LogP contribution in [0.4, 0.5) is 5.82 Å². The predicted molar refractivity (Wildman–Crippen MR) is 81.7 cm³/mol. The molecule has 0 radical (unpaired) electrons. The van der Waals surface area contributed by atoms with E-state index in [-0.39, 0.29) is 11.9 Å². The van der Waals surface area contributed by atoms with Crippen LogP contribution in [0.3, 0.4) is 0 Å². The van der Waals surface area contributed by atoms with Crippen molar-refractivity contribution in [1.82, 2.24) is 25.2 Å². The number of aromatic nitrogens is 4. The number of aromatic amines is 1. The first-order valence-electron chi connectivity index (χ1n) is 8.16. The smallest absolute Gasteiger partial charge is 0.244 e. The number of hydrogen-bond acceptors (Lipinski definition) is 6. The Balaban J connectivity index is 1.43. The van der Waals surface area contributed by atoms with Gasteiger partial charge in [-0.3, -0.25) is 14.8 Å². The van der Waals surface area contributed by atoms with Gasteiger partial charge in [-0.1, -0.05) is 11.6 Å². The van der Waals surface area contributed by atoms with E-state index in [1.165, 1.54) is 0 Å². The molecule has 1 atom stereocenters. The monoisotopic (exact) mass is 316 g/mol. The van der Waals surface area contributed by atoms with Gasteiger partial charge in [-0.05, 0) is 32.2 Å². The molecule has 1 aliphatic heterocycles. The first-order chi connectivity index (χ1) is 11.3. The fourth-order valence-corrected chi connectivity index (χ4v) is 3.05. The molecule has 2 N–H and O–H groups in total. The number of piperidine rings is 1. The lowest BCUT2D eigenvalue weighted by Gasteiger charge is -2.32. The number of rotatable bonds is 5. The molecule has 2 aromatic heterocycles. The summed E-state index contributed by atoms with van der Waals surface area (Å²) in [7, 11) is 0. The Labute approximate surface area is 133 Å².